The van der Waals surface area contributed by atoms with Crippen molar-refractivity contribution in [1.29, 1.82) is 0 Å². The molecule has 0 spiro atoms. The first-order chi connectivity index (χ1) is 11.1. The summed E-state index contributed by atoms with van der Waals surface area (Å²) in [5.74, 6) is -1.06. The number of amides is 1. The van der Waals surface area contributed by atoms with Crippen LogP contribution in [-0.2, 0) is 9.53 Å². The molecule has 0 saturated carbocycles. The molecule has 2 aromatic rings. The number of morpholine rings is 1. The van der Waals surface area contributed by atoms with Gasteiger partial charge in [-0.2, -0.15) is 0 Å². The molecule has 1 saturated heterocycles. The van der Waals surface area contributed by atoms with E-state index >= 15 is 0 Å². The van der Waals surface area contributed by atoms with Crippen molar-refractivity contribution in [1.82, 2.24) is 9.88 Å². The summed E-state index contributed by atoms with van der Waals surface area (Å²) < 4.78 is 10.5. The summed E-state index contributed by atoms with van der Waals surface area (Å²) in [5, 5.41) is 9.03. The van der Waals surface area contributed by atoms with E-state index < -0.39 is 12.1 Å². The van der Waals surface area contributed by atoms with Gasteiger partial charge in [0.25, 0.3) is 5.91 Å². The van der Waals surface area contributed by atoms with Gasteiger partial charge in [0.2, 0.25) is 0 Å². The molecular formula is C16H16N2O5. The fraction of sp³-hybridized carbons (Fsp3) is 0.312. The van der Waals surface area contributed by atoms with Crippen molar-refractivity contribution in [2.45, 2.75) is 13.0 Å². The zero-order valence-electron chi connectivity index (χ0n) is 12.6. The van der Waals surface area contributed by atoms with Crippen LogP contribution in [0.5, 0.6) is 0 Å². The average molecular weight is 316 g/mol. The van der Waals surface area contributed by atoms with E-state index in [4.69, 9.17) is 14.3 Å². The summed E-state index contributed by atoms with van der Waals surface area (Å²) in [5.41, 5.74) is 2.03. The van der Waals surface area contributed by atoms with Gasteiger partial charge in [-0.15, -0.1) is 0 Å². The van der Waals surface area contributed by atoms with E-state index in [-0.39, 0.29) is 24.8 Å². The van der Waals surface area contributed by atoms with E-state index in [1.807, 2.05) is 31.2 Å². The SMILES string of the molecule is Cc1ccc(-c2ocnc2C(=O)N2CCOC(C(=O)O)C2)cc1. The molecule has 1 N–H and O–H groups in total. The van der Waals surface area contributed by atoms with Crippen LogP contribution < -0.4 is 0 Å². The molecule has 23 heavy (non-hydrogen) atoms. The highest BCUT2D eigenvalue weighted by molar-refractivity contribution is 5.98. The first-order valence-corrected chi connectivity index (χ1v) is 7.20. The molecule has 1 unspecified atom stereocenters. The molecule has 7 nitrogen and oxygen atoms in total. The third-order valence-electron chi connectivity index (χ3n) is 3.71. The van der Waals surface area contributed by atoms with Gasteiger partial charge in [0, 0.05) is 12.1 Å². The normalized spacial score (nSPS) is 18.0. The first kappa shape index (κ1) is 15.2. The van der Waals surface area contributed by atoms with Crippen molar-refractivity contribution in [2.24, 2.45) is 0 Å². The number of carbonyl (C=O) groups excluding carboxylic acids is 1. The number of ether oxygens (including phenoxy) is 1. The van der Waals surface area contributed by atoms with Crippen LogP contribution >= 0.6 is 0 Å². The molecule has 3 rings (SSSR count). The largest absolute Gasteiger partial charge is 0.479 e. The van der Waals surface area contributed by atoms with Crippen LogP contribution in [0.1, 0.15) is 16.1 Å². The van der Waals surface area contributed by atoms with Gasteiger partial charge in [0.05, 0.1) is 13.2 Å². The van der Waals surface area contributed by atoms with Crippen molar-refractivity contribution in [3.8, 4) is 11.3 Å². The Balaban J connectivity index is 1.85. The number of aromatic nitrogens is 1. The molecule has 1 aliphatic rings. The monoisotopic (exact) mass is 316 g/mol. The van der Waals surface area contributed by atoms with Crippen LogP contribution in [0, 0.1) is 6.92 Å². The molecule has 120 valence electrons. The van der Waals surface area contributed by atoms with Crippen molar-refractivity contribution in [2.75, 3.05) is 19.7 Å². The quantitative estimate of drug-likeness (QED) is 0.924. The van der Waals surface area contributed by atoms with Gasteiger partial charge in [-0.3, -0.25) is 4.79 Å². The maximum atomic E-state index is 12.6. The number of nitrogens with zero attached hydrogens (tertiary/aromatic N) is 2. The minimum atomic E-state index is -1.08. The zero-order chi connectivity index (χ0) is 16.4. The van der Waals surface area contributed by atoms with Crippen molar-refractivity contribution >= 4 is 11.9 Å². The number of carboxylic acids is 1. The number of aliphatic carboxylic acids is 1. The van der Waals surface area contributed by atoms with Crippen molar-refractivity contribution < 1.29 is 23.8 Å². The molecule has 1 atom stereocenters. The van der Waals surface area contributed by atoms with E-state index in [0.717, 1.165) is 11.1 Å². The van der Waals surface area contributed by atoms with Gasteiger partial charge < -0.3 is 19.2 Å². The topological polar surface area (TPSA) is 92.9 Å². The Kier molecular flexibility index (Phi) is 4.12. The summed E-state index contributed by atoms with van der Waals surface area (Å²) >= 11 is 0. The number of carboxylic acid groups (broad SMARTS) is 1. The van der Waals surface area contributed by atoms with E-state index in [1.54, 1.807) is 0 Å². The van der Waals surface area contributed by atoms with Crippen LogP contribution in [-0.4, -0.2) is 52.7 Å². The third kappa shape index (κ3) is 3.09. The number of hydrogen-bond acceptors (Lipinski definition) is 5. The number of rotatable bonds is 3. The number of oxazole rings is 1. The predicted molar refractivity (Wildman–Crippen MR) is 80.0 cm³/mol. The molecule has 0 radical (unpaired) electrons. The van der Waals surface area contributed by atoms with Crippen LogP contribution in [0.25, 0.3) is 11.3 Å². The van der Waals surface area contributed by atoms with E-state index in [2.05, 4.69) is 4.98 Å². The smallest absolute Gasteiger partial charge is 0.334 e. The highest BCUT2D eigenvalue weighted by Gasteiger charge is 2.32. The Morgan fingerprint density at radius 3 is 2.74 bits per heavy atom. The summed E-state index contributed by atoms with van der Waals surface area (Å²) in [6.45, 7) is 2.47. The molecule has 1 aromatic heterocycles. The van der Waals surface area contributed by atoms with Crippen molar-refractivity contribution in [3.05, 3.63) is 41.9 Å². The fourth-order valence-corrected chi connectivity index (χ4v) is 2.44. The van der Waals surface area contributed by atoms with E-state index in [1.165, 1.54) is 11.3 Å². The molecular weight excluding hydrogens is 300 g/mol. The van der Waals surface area contributed by atoms with Crippen molar-refractivity contribution in [3.63, 3.8) is 0 Å². The Morgan fingerprint density at radius 1 is 1.30 bits per heavy atom. The molecule has 2 heterocycles. The van der Waals surface area contributed by atoms with Crippen LogP contribution in [0.2, 0.25) is 0 Å². The van der Waals surface area contributed by atoms with Crippen LogP contribution in [0.3, 0.4) is 0 Å². The van der Waals surface area contributed by atoms with Crippen LogP contribution in [0.15, 0.2) is 35.1 Å². The Labute approximate surface area is 132 Å². The predicted octanol–water partition coefficient (Wildman–Crippen LogP) is 1.58. The van der Waals surface area contributed by atoms with Gasteiger partial charge >= 0.3 is 5.97 Å². The van der Waals surface area contributed by atoms with Gasteiger partial charge in [-0.25, -0.2) is 9.78 Å². The van der Waals surface area contributed by atoms with E-state index in [9.17, 15) is 9.59 Å². The Bertz CT molecular complexity index is 722. The third-order valence-corrected chi connectivity index (χ3v) is 3.71. The van der Waals surface area contributed by atoms with Gasteiger partial charge in [0.15, 0.2) is 24.0 Å². The number of benzene rings is 1. The zero-order valence-corrected chi connectivity index (χ0v) is 12.6. The lowest BCUT2D eigenvalue weighted by atomic mass is 10.1. The number of carbonyl (C=O) groups is 2. The summed E-state index contributed by atoms with van der Waals surface area (Å²) in [6.07, 6.45) is 0.208. The average Bonchev–Trinajstić information content (AvgIpc) is 3.04. The standard InChI is InChI=1S/C16H16N2O5/c1-10-2-4-11(5-3-10)14-13(17-9-23-14)15(19)18-6-7-22-12(8-18)16(20)21/h2-5,9,12H,6-8H2,1H3,(H,20,21). The second-order valence-electron chi connectivity index (χ2n) is 5.34. The summed E-state index contributed by atoms with van der Waals surface area (Å²) in [6, 6.07) is 7.54. The molecule has 1 amide bonds. The molecule has 1 fully saturated rings. The minimum Gasteiger partial charge on any atom is -0.479 e. The maximum Gasteiger partial charge on any atom is 0.334 e. The molecule has 1 aliphatic heterocycles. The first-order valence-electron chi connectivity index (χ1n) is 7.20. The molecule has 1 aromatic carbocycles. The lowest BCUT2D eigenvalue weighted by molar-refractivity contribution is -0.154. The second kappa shape index (κ2) is 6.21. The lowest BCUT2D eigenvalue weighted by Crippen LogP contribution is -2.48. The highest BCUT2D eigenvalue weighted by Crippen LogP contribution is 2.25. The second-order valence-corrected chi connectivity index (χ2v) is 5.34. The van der Waals surface area contributed by atoms with E-state index in [0.29, 0.717) is 12.3 Å². The van der Waals surface area contributed by atoms with Crippen LogP contribution in [0.4, 0.5) is 0 Å². The highest BCUT2D eigenvalue weighted by atomic mass is 16.5. The Morgan fingerprint density at radius 2 is 2.04 bits per heavy atom. The lowest BCUT2D eigenvalue weighted by Gasteiger charge is -2.30. The number of aryl methyl sites for hydroxylation is 1. The van der Waals surface area contributed by atoms with Gasteiger partial charge in [-0.05, 0) is 6.92 Å². The summed E-state index contributed by atoms with van der Waals surface area (Å²) in [4.78, 5) is 29.1. The molecule has 0 bridgehead atoms. The summed E-state index contributed by atoms with van der Waals surface area (Å²) in [7, 11) is 0. The number of hydrogen-bond donors (Lipinski definition) is 1. The van der Waals surface area contributed by atoms with Gasteiger partial charge in [-0.1, -0.05) is 29.8 Å². The molecule has 7 heteroatoms. The minimum absolute atomic E-state index is 0.00559. The maximum absolute atomic E-state index is 12.6. The fourth-order valence-electron chi connectivity index (χ4n) is 2.44. The molecule has 0 aliphatic carbocycles. The van der Waals surface area contributed by atoms with Gasteiger partial charge in [0.1, 0.15) is 0 Å². The Hall–Kier alpha value is -2.67.